The number of rotatable bonds is 5. The first kappa shape index (κ1) is 14.8. The third kappa shape index (κ3) is 3.47. The van der Waals surface area contributed by atoms with Crippen LogP contribution in [0.5, 0.6) is 0 Å². The largest absolute Gasteiger partial charge is 0.383 e. The number of methoxy groups -OCH3 is 1. The SMILES string of the molecule is COCCn1ncc(Cl)c1C(N)c1ccc(I)cc1. The Kier molecular flexibility index (Phi) is 5.20. The van der Waals surface area contributed by atoms with Crippen molar-refractivity contribution in [2.24, 2.45) is 5.73 Å². The average molecular weight is 392 g/mol. The van der Waals surface area contributed by atoms with E-state index >= 15 is 0 Å². The van der Waals surface area contributed by atoms with Gasteiger partial charge in [-0.1, -0.05) is 23.7 Å². The molecule has 1 aromatic carbocycles. The number of nitrogens with two attached hydrogens (primary N) is 1. The first-order valence-corrected chi connectivity index (χ1v) is 7.30. The number of nitrogens with zero attached hydrogens (tertiary/aromatic N) is 2. The van der Waals surface area contributed by atoms with Gasteiger partial charge in [0.2, 0.25) is 0 Å². The Balaban J connectivity index is 2.29. The molecule has 0 radical (unpaired) electrons. The standard InChI is InChI=1S/C13H15ClIN3O/c1-19-7-6-18-13(11(14)8-17-18)12(16)9-2-4-10(15)5-3-9/h2-5,8,12H,6-7,16H2,1H3. The van der Waals surface area contributed by atoms with Gasteiger partial charge in [0.15, 0.2) is 0 Å². The van der Waals surface area contributed by atoms with Crippen LogP contribution in [0.15, 0.2) is 30.5 Å². The van der Waals surface area contributed by atoms with Gasteiger partial charge in [0.25, 0.3) is 0 Å². The monoisotopic (exact) mass is 391 g/mol. The molecule has 0 aliphatic rings. The van der Waals surface area contributed by atoms with Crippen LogP contribution in [0, 0.1) is 3.57 Å². The van der Waals surface area contributed by atoms with Crippen molar-refractivity contribution in [2.45, 2.75) is 12.6 Å². The fourth-order valence-corrected chi connectivity index (χ4v) is 2.48. The molecule has 0 spiro atoms. The molecule has 0 aliphatic heterocycles. The summed E-state index contributed by atoms with van der Waals surface area (Å²) in [4.78, 5) is 0. The Morgan fingerprint density at radius 3 is 2.74 bits per heavy atom. The third-order valence-electron chi connectivity index (χ3n) is 2.86. The van der Waals surface area contributed by atoms with Gasteiger partial charge in [0.05, 0.1) is 36.1 Å². The summed E-state index contributed by atoms with van der Waals surface area (Å²) in [6.07, 6.45) is 1.62. The van der Waals surface area contributed by atoms with Crippen molar-refractivity contribution in [2.75, 3.05) is 13.7 Å². The molecule has 19 heavy (non-hydrogen) atoms. The summed E-state index contributed by atoms with van der Waals surface area (Å²) in [5, 5.41) is 4.83. The van der Waals surface area contributed by atoms with Crippen molar-refractivity contribution in [3.63, 3.8) is 0 Å². The average Bonchev–Trinajstić information content (AvgIpc) is 2.77. The van der Waals surface area contributed by atoms with E-state index in [1.807, 2.05) is 24.3 Å². The minimum atomic E-state index is -0.288. The van der Waals surface area contributed by atoms with Gasteiger partial charge in [-0.05, 0) is 40.3 Å². The van der Waals surface area contributed by atoms with Crippen molar-refractivity contribution in [1.29, 1.82) is 0 Å². The van der Waals surface area contributed by atoms with Gasteiger partial charge in [-0.15, -0.1) is 0 Å². The number of benzene rings is 1. The molecule has 0 fully saturated rings. The zero-order valence-corrected chi connectivity index (χ0v) is 13.4. The summed E-state index contributed by atoms with van der Waals surface area (Å²) in [7, 11) is 1.66. The van der Waals surface area contributed by atoms with E-state index in [9.17, 15) is 0 Å². The summed E-state index contributed by atoms with van der Waals surface area (Å²) >= 11 is 8.46. The topological polar surface area (TPSA) is 53.1 Å². The van der Waals surface area contributed by atoms with Gasteiger partial charge in [0, 0.05) is 10.7 Å². The molecule has 1 unspecified atom stereocenters. The molecule has 6 heteroatoms. The molecule has 102 valence electrons. The lowest BCUT2D eigenvalue weighted by Gasteiger charge is -2.15. The summed E-state index contributed by atoms with van der Waals surface area (Å²) in [6.45, 7) is 1.21. The van der Waals surface area contributed by atoms with Crippen molar-refractivity contribution in [3.05, 3.63) is 50.3 Å². The Hall–Kier alpha value is -0.630. The minimum Gasteiger partial charge on any atom is -0.383 e. The first-order valence-electron chi connectivity index (χ1n) is 5.84. The molecule has 1 heterocycles. The molecule has 1 aromatic heterocycles. The number of halogens is 2. The Labute approximate surface area is 131 Å². The maximum atomic E-state index is 6.30. The molecular weight excluding hydrogens is 377 g/mol. The van der Waals surface area contributed by atoms with Crippen LogP contribution in [-0.2, 0) is 11.3 Å². The zero-order valence-electron chi connectivity index (χ0n) is 10.5. The van der Waals surface area contributed by atoms with E-state index in [1.54, 1.807) is 18.0 Å². The molecule has 2 N–H and O–H groups in total. The molecule has 1 atom stereocenters. The quantitative estimate of drug-likeness (QED) is 0.798. The molecule has 0 saturated heterocycles. The summed E-state index contributed by atoms with van der Waals surface area (Å²) in [5.41, 5.74) is 8.13. The van der Waals surface area contributed by atoms with Gasteiger partial charge >= 0.3 is 0 Å². The number of hydrogen-bond donors (Lipinski definition) is 1. The molecule has 0 bridgehead atoms. The smallest absolute Gasteiger partial charge is 0.0837 e. The summed E-state index contributed by atoms with van der Waals surface area (Å²) < 4.78 is 8.04. The lowest BCUT2D eigenvalue weighted by atomic mass is 10.0. The maximum Gasteiger partial charge on any atom is 0.0837 e. The van der Waals surface area contributed by atoms with E-state index in [0.717, 1.165) is 11.3 Å². The lowest BCUT2D eigenvalue weighted by molar-refractivity contribution is 0.182. The molecule has 2 rings (SSSR count). The van der Waals surface area contributed by atoms with Crippen LogP contribution in [0.2, 0.25) is 5.02 Å². The van der Waals surface area contributed by atoms with Crippen molar-refractivity contribution < 1.29 is 4.74 Å². The Morgan fingerprint density at radius 2 is 2.11 bits per heavy atom. The third-order valence-corrected chi connectivity index (χ3v) is 3.87. The van der Waals surface area contributed by atoms with Crippen LogP contribution in [-0.4, -0.2) is 23.5 Å². The van der Waals surface area contributed by atoms with Crippen LogP contribution in [0.25, 0.3) is 0 Å². The van der Waals surface area contributed by atoms with Gasteiger partial charge in [-0.3, -0.25) is 4.68 Å². The maximum absolute atomic E-state index is 6.30. The predicted molar refractivity (Wildman–Crippen MR) is 84.3 cm³/mol. The fourth-order valence-electron chi connectivity index (χ4n) is 1.87. The molecule has 0 saturated carbocycles. The van der Waals surface area contributed by atoms with E-state index in [0.29, 0.717) is 18.2 Å². The van der Waals surface area contributed by atoms with E-state index in [1.165, 1.54) is 3.57 Å². The second kappa shape index (κ2) is 6.69. The first-order chi connectivity index (χ1) is 9.13. The summed E-state index contributed by atoms with van der Waals surface area (Å²) in [6, 6.07) is 7.79. The van der Waals surface area contributed by atoms with Crippen molar-refractivity contribution in [3.8, 4) is 0 Å². The Bertz CT molecular complexity index is 541. The normalized spacial score (nSPS) is 12.6. The van der Waals surface area contributed by atoms with Gasteiger partial charge < -0.3 is 10.5 Å². The van der Waals surface area contributed by atoms with Gasteiger partial charge in [0.1, 0.15) is 0 Å². The number of aromatic nitrogens is 2. The van der Waals surface area contributed by atoms with Crippen molar-refractivity contribution >= 4 is 34.2 Å². The predicted octanol–water partition coefficient (Wildman–Crippen LogP) is 2.84. The van der Waals surface area contributed by atoms with Crippen LogP contribution in [0.1, 0.15) is 17.3 Å². The van der Waals surface area contributed by atoms with Crippen LogP contribution < -0.4 is 5.73 Å². The second-order valence-corrected chi connectivity index (χ2v) is 5.78. The number of hydrogen-bond acceptors (Lipinski definition) is 3. The van der Waals surface area contributed by atoms with Crippen LogP contribution in [0.3, 0.4) is 0 Å². The highest BCUT2D eigenvalue weighted by molar-refractivity contribution is 14.1. The lowest BCUT2D eigenvalue weighted by Crippen LogP contribution is -2.19. The highest BCUT2D eigenvalue weighted by atomic mass is 127. The van der Waals surface area contributed by atoms with Crippen molar-refractivity contribution in [1.82, 2.24) is 9.78 Å². The fraction of sp³-hybridized carbons (Fsp3) is 0.308. The van der Waals surface area contributed by atoms with E-state index in [2.05, 4.69) is 27.7 Å². The Morgan fingerprint density at radius 1 is 1.42 bits per heavy atom. The van der Waals surface area contributed by atoms with Gasteiger partial charge in [-0.25, -0.2) is 0 Å². The summed E-state index contributed by atoms with van der Waals surface area (Å²) in [5.74, 6) is 0. The highest BCUT2D eigenvalue weighted by Gasteiger charge is 2.18. The molecule has 0 aliphatic carbocycles. The second-order valence-electron chi connectivity index (χ2n) is 4.12. The van der Waals surface area contributed by atoms with E-state index in [4.69, 9.17) is 22.1 Å². The highest BCUT2D eigenvalue weighted by Crippen LogP contribution is 2.26. The molecular formula is C13H15ClIN3O. The minimum absolute atomic E-state index is 0.288. The number of ether oxygens (including phenoxy) is 1. The van der Waals surface area contributed by atoms with E-state index in [-0.39, 0.29) is 6.04 Å². The van der Waals surface area contributed by atoms with Gasteiger partial charge in [-0.2, -0.15) is 5.10 Å². The molecule has 4 nitrogen and oxygen atoms in total. The van der Waals surface area contributed by atoms with Crippen LogP contribution >= 0.6 is 34.2 Å². The van der Waals surface area contributed by atoms with Crippen LogP contribution in [0.4, 0.5) is 0 Å². The molecule has 0 amide bonds. The zero-order chi connectivity index (χ0) is 13.8. The molecule has 2 aromatic rings. The van der Waals surface area contributed by atoms with E-state index < -0.39 is 0 Å².